The molecule has 0 radical (unpaired) electrons. The highest BCUT2D eigenvalue weighted by Crippen LogP contribution is 2.40. The van der Waals surface area contributed by atoms with Gasteiger partial charge in [0.15, 0.2) is 18.1 Å². The topological polar surface area (TPSA) is 80.3 Å². The van der Waals surface area contributed by atoms with Gasteiger partial charge in [-0.05, 0) is 43.3 Å². The molecule has 4 rings (SSSR count). The minimum absolute atomic E-state index is 0.0484. The molecule has 0 atom stereocenters. The van der Waals surface area contributed by atoms with E-state index in [4.69, 9.17) is 18.9 Å². The first kappa shape index (κ1) is 26.5. The molecule has 0 saturated heterocycles. The van der Waals surface area contributed by atoms with Crippen LogP contribution in [0.5, 0.6) is 28.7 Å². The second kappa shape index (κ2) is 10.4. The van der Waals surface area contributed by atoms with Gasteiger partial charge in [-0.1, -0.05) is 0 Å². The number of benzene rings is 3. The van der Waals surface area contributed by atoms with E-state index in [-0.39, 0.29) is 28.4 Å². The fraction of sp³-hybridized carbons (Fsp3) is 0.154. The Labute approximate surface area is 211 Å². The van der Waals surface area contributed by atoms with E-state index in [1.807, 2.05) is 0 Å². The number of methoxy groups -OCH3 is 2. The molecular weight excluding hydrogens is 519 g/mol. The van der Waals surface area contributed by atoms with Gasteiger partial charge in [0, 0.05) is 11.1 Å². The van der Waals surface area contributed by atoms with E-state index < -0.39 is 53.2 Å². The van der Waals surface area contributed by atoms with E-state index in [0.29, 0.717) is 17.1 Å². The van der Waals surface area contributed by atoms with Crippen molar-refractivity contribution < 1.29 is 55.2 Å². The fourth-order valence-electron chi connectivity index (χ4n) is 3.57. The molecule has 0 saturated carbocycles. The normalized spacial score (nSPS) is 13.3. The van der Waals surface area contributed by atoms with Gasteiger partial charge in [-0.15, -0.1) is 0 Å². The number of hydrogen-bond acceptors (Lipinski definition) is 7. The average molecular weight is 536 g/mol. The van der Waals surface area contributed by atoms with Crippen LogP contribution < -0.4 is 23.7 Å². The number of fused-ring (bicyclic) bond motifs is 1. The van der Waals surface area contributed by atoms with E-state index >= 15 is 0 Å². The van der Waals surface area contributed by atoms with Gasteiger partial charge < -0.3 is 23.7 Å². The predicted molar refractivity (Wildman–Crippen MR) is 121 cm³/mol. The number of esters is 1. The molecule has 0 N–H and O–H groups in total. The van der Waals surface area contributed by atoms with Gasteiger partial charge in [-0.25, -0.2) is 18.0 Å². The van der Waals surface area contributed by atoms with Crippen molar-refractivity contribution in [2.24, 2.45) is 0 Å². The summed E-state index contributed by atoms with van der Waals surface area (Å²) in [6.45, 7) is 0.296. The number of hydrogen-bond donors (Lipinski definition) is 0. The van der Waals surface area contributed by atoms with Crippen LogP contribution in [0.4, 0.5) is 22.0 Å². The smallest absolute Gasteiger partial charge is 0.349 e. The Balaban J connectivity index is 1.53. The predicted octanol–water partition coefficient (Wildman–Crippen LogP) is 5.31. The Morgan fingerprint density at radius 1 is 0.895 bits per heavy atom. The molecule has 0 spiro atoms. The summed E-state index contributed by atoms with van der Waals surface area (Å²) in [4.78, 5) is 25.1. The van der Waals surface area contributed by atoms with Gasteiger partial charge in [-0.3, -0.25) is 4.79 Å². The van der Waals surface area contributed by atoms with Crippen LogP contribution >= 0.6 is 0 Å². The van der Waals surface area contributed by atoms with Crippen molar-refractivity contribution in [1.82, 2.24) is 0 Å². The molecule has 0 aromatic heterocycles. The van der Waals surface area contributed by atoms with Crippen LogP contribution in [0.3, 0.4) is 0 Å². The number of rotatable bonds is 7. The Kier molecular flexibility index (Phi) is 7.24. The number of allylic oxidation sites excluding steroid dienone is 1. The van der Waals surface area contributed by atoms with E-state index in [2.05, 4.69) is 4.74 Å². The van der Waals surface area contributed by atoms with Crippen LogP contribution in [0, 0.1) is 36.0 Å². The highest BCUT2D eigenvalue weighted by atomic mass is 19.2. The standard InChI is InChI=1S/C26H17F5O7/c1-11-15(37-18(32)10-36-26-22(30)20(28)19(27)21(29)23(26)31)7-5-14-24(33)17(38-25(11)14)9-12-8-13(34-2)4-6-16(12)35-3/h4-9H,10H2,1-3H3/b17-9-. The zero-order valence-corrected chi connectivity index (χ0v) is 19.9. The van der Waals surface area contributed by atoms with Crippen LogP contribution in [-0.2, 0) is 4.79 Å². The molecule has 3 aromatic carbocycles. The number of ketones is 1. The lowest BCUT2D eigenvalue weighted by molar-refractivity contribution is -0.136. The minimum atomic E-state index is -2.36. The molecular formula is C26H17F5O7. The summed E-state index contributed by atoms with van der Waals surface area (Å²) in [7, 11) is 2.93. The Morgan fingerprint density at radius 3 is 2.16 bits per heavy atom. The maximum atomic E-state index is 13.7. The molecule has 12 heteroatoms. The van der Waals surface area contributed by atoms with Gasteiger partial charge in [0.2, 0.25) is 34.9 Å². The van der Waals surface area contributed by atoms with E-state index in [1.54, 1.807) is 18.2 Å². The SMILES string of the molecule is COc1ccc(OC)c(/C=C2\Oc3c(ccc(OC(=O)COc4c(F)c(F)c(F)c(F)c4F)c3C)C2=O)c1. The van der Waals surface area contributed by atoms with Crippen molar-refractivity contribution in [3.8, 4) is 28.7 Å². The van der Waals surface area contributed by atoms with Crippen LogP contribution in [-0.4, -0.2) is 32.6 Å². The quantitative estimate of drug-likeness (QED) is 0.101. The molecule has 1 aliphatic heterocycles. The van der Waals surface area contributed by atoms with E-state index in [0.717, 1.165) is 0 Å². The third-order valence-corrected chi connectivity index (χ3v) is 5.49. The highest BCUT2D eigenvalue weighted by Gasteiger charge is 2.31. The maximum absolute atomic E-state index is 13.7. The van der Waals surface area contributed by atoms with Crippen molar-refractivity contribution in [2.45, 2.75) is 6.92 Å². The molecule has 0 bridgehead atoms. The first-order valence-electron chi connectivity index (χ1n) is 10.7. The lowest BCUT2D eigenvalue weighted by Crippen LogP contribution is -2.20. The van der Waals surface area contributed by atoms with Crippen molar-refractivity contribution in [3.05, 3.63) is 81.9 Å². The molecule has 38 heavy (non-hydrogen) atoms. The molecule has 0 fully saturated rings. The van der Waals surface area contributed by atoms with E-state index in [1.165, 1.54) is 39.4 Å². The monoisotopic (exact) mass is 536 g/mol. The zero-order valence-electron chi connectivity index (χ0n) is 19.9. The van der Waals surface area contributed by atoms with Crippen molar-refractivity contribution in [1.29, 1.82) is 0 Å². The van der Waals surface area contributed by atoms with Crippen LogP contribution in [0.15, 0.2) is 36.1 Å². The first-order valence-corrected chi connectivity index (χ1v) is 10.7. The Hall–Kier alpha value is -4.61. The summed E-state index contributed by atoms with van der Waals surface area (Å²) < 4.78 is 93.1. The molecule has 3 aromatic rings. The number of carbonyl (C=O) groups excluding carboxylic acids is 2. The van der Waals surface area contributed by atoms with Crippen molar-refractivity contribution in [3.63, 3.8) is 0 Å². The average Bonchev–Trinajstić information content (AvgIpc) is 3.23. The van der Waals surface area contributed by atoms with E-state index in [9.17, 15) is 31.5 Å². The molecule has 0 unspecified atom stereocenters. The molecule has 198 valence electrons. The summed E-state index contributed by atoms with van der Waals surface area (Å²) in [5, 5.41) is 0. The minimum Gasteiger partial charge on any atom is -0.497 e. The van der Waals surface area contributed by atoms with Crippen LogP contribution in [0.2, 0.25) is 0 Å². The fourth-order valence-corrected chi connectivity index (χ4v) is 3.57. The summed E-state index contributed by atoms with van der Waals surface area (Å²) >= 11 is 0. The third-order valence-electron chi connectivity index (χ3n) is 5.49. The second-order valence-electron chi connectivity index (χ2n) is 7.77. The summed E-state index contributed by atoms with van der Waals surface area (Å²) in [6, 6.07) is 7.57. The van der Waals surface area contributed by atoms with Gasteiger partial charge in [-0.2, -0.15) is 8.78 Å². The summed E-state index contributed by atoms with van der Waals surface area (Å²) in [6.07, 6.45) is 1.45. The molecule has 0 amide bonds. The van der Waals surface area contributed by atoms with Gasteiger partial charge in [0.25, 0.3) is 0 Å². The lowest BCUT2D eigenvalue weighted by Gasteiger charge is -2.12. The summed E-state index contributed by atoms with van der Waals surface area (Å²) in [5.74, 6) is -13.7. The first-order chi connectivity index (χ1) is 18.1. The van der Waals surface area contributed by atoms with Gasteiger partial charge in [0.05, 0.1) is 19.8 Å². The number of carbonyl (C=O) groups is 2. The van der Waals surface area contributed by atoms with Crippen LogP contribution in [0.1, 0.15) is 21.5 Å². The maximum Gasteiger partial charge on any atom is 0.349 e. The Bertz CT molecular complexity index is 1470. The number of Topliss-reactive ketones (excluding diaryl/α,β-unsaturated/α-hetero) is 1. The third kappa shape index (κ3) is 4.72. The number of halogens is 5. The Morgan fingerprint density at radius 2 is 1.53 bits per heavy atom. The molecule has 1 aliphatic rings. The molecule has 7 nitrogen and oxygen atoms in total. The van der Waals surface area contributed by atoms with Gasteiger partial charge in [0.1, 0.15) is 23.0 Å². The van der Waals surface area contributed by atoms with Crippen LogP contribution in [0.25, 0.3) is 6.08 Å². The molecule has 0 aliphatic carbocycles. The summed E-state index contributed by atoms with van der Waals surface area (Å²) in [5.41, 5.74) is 0.895. The highest BCUT2D eigenvalue weighted by molar-refractivity contribution is 6.15. The van der Waals surface area contributed by atoms with Gasteiger partial charge >= 0.3 is 5.97 Å². The van der Waals surface area contributed by atoms with Crippen molar-refractivity contribution >= 4 is 17.8 Å². The second-order valence-corrected chi connectivity index (χ2v) is 7.77. The zero-order chi connectivity index (χ0) is 27.7. The largest absolute Gasteiger partial charge is 0.497 e. The lowest BCUT2D eigenvalue weighted by atomic mass is 10.1. The van der Waals surface area contributed by atoms with Crippen molar-refractivity contribution in [2.75, 3.05) is 20.8 Å². The molecule has 1 heterocycles. The number of ether oxygens (including phenoxy) is 5.